The van der Waals surface area contributed by atoms with Crippen LogP contribution in [-0.4, -0.2) is 41.6 Å². The van der Waals surface area contributed by atoms with Crippen LogP contribution in [0.5, 0.6) is 5.75 Å². The minimum absolute atomic E-state index is 0.0570. The Hall–Kier alpha value is -1.11. The number of hydrogen-bond donors (Lipinski definition) is 0. The first-order valence-corrected chi connectivity index (χ1v) is 7.38. The van der Waals surface area contributed by atoms with E-state index in [1.54, 1.807) is 7.11 Å². The molecule has 0 heterocycles. The molecule has 1 aromatic rings. The van der Waals surface area contributed by atoms with Crippen LogP contribution in [0.3, 0.4) is 0 Å². The third-order valence-corrected chi connectivity index (χ3v) is 2.81. The first-order valence-electron chi connectivity index (χ1n) is 5.56. The highest BCUT2D eigenvalue weighted by Crippen LogP contribution is 2.11. The Labute approximate surface area is 108 Å². The van der Waals surface area contributed by atoms with Crippen LogP contribution >= 0.6 is 0 Å². The zero-order valence-corrected chi connectivity index (χ0v) is 11.4. The molecular weight excluding hydrogens is 256 g/mol. The van der Waals surface area contributed by atoms with Gasteiger partial charge in [-0.1, -0.05) is 12.1 Å². The summed E-state index contributed by atoms with van der Waals surface area (Å²) in [5, 5.41) is 0. The van der Waals surface area contributed by atoms with E-state index in [0.717, 1.165) is 24.0 Å². The molecule has 1 aromatic carbocycles. The second-order valence-corrected chi connectivity index (χ2v) is 5.38. The maximum absolute atomic E-state index is 10.7. The zero-order chi connectivity index (χ0) is 13.4. The van der Waals surface area contributed by atoms with Crippen LogP contribution < -0.4 is 4.74 Å². The summed E-state index contributed by atoms with van der Waals surface area (Å²) >= 11 is 0. The molecule has 0 aliphatic carbocycles. The predicted molar refractivity (Wildman–Crippen MR) is 68.3 cm³/mol. The Bertz CT molecular complexity index is 438. The second kappa shape index (κ2) is 7.35. The predicted octanol–water partition coefficient (Wildman–Crippen LogP) is 1.23. The molecule has 0 saturated heterocycles. The van der Waals surface area contributed by atoms with E-state index in [9.17, 15) is 8.42 Å². The average Bonchev–Trinajstić information content (AvgIpc) is 2.33. The highest BCUT2D eigenvalue weighted by molar-refractivity contribution is 7.85. The van der Waals surface area contributed by atoms with Gasteiger partial charge >= 0.3 is 0 Å². The van der Waals surface area contributed by atoms with Crippen LogP contribution in [0.4, 0.5) is 0 Å². The van der Waals surface area contributed by atoms with Crippen molar-refractivity contribution in [3.8, 4) is 5.75 Å². The van der Waals surface area contributed by atoms with Crippen molar-refractivity contribution in [2.75, 3.05) is 33.2 Å². The van der Waals surface area contributed by atoms with Gasteiger partial charge in [-0.3, -0.25) is 4.18 Å². The van der Waals surface area contributed by atoms with E-state index < -0.39 is 10.1 Å². The Balaban J connectivity index is 2.14. The first-order chi connectivity index (χ1) is 8.51. The highest BCUT2D eigenvalue weighted by Gasteiger charge is 2.00. The van der Waals surface area contributed by atoms with E-state index in [1.165, 1.54) is 0 Å². The lowest BCUT2D eigenvalue weighted by atomic mass is 10.1. The molecule has 0 saturated carbocycles. The maximum Gasteiger partial charge on any atom is 0.264 e. The summed E-state index contributed by atoms with van der Waals surface area (Å²) in [4.78, 5) is 0. The third kappa shape index (κ3) is 6.58. The van der Waals surface area contributed by atoms with Crippen molar-refractivity contribution < 1.29 is 22.1 Å². The maximum atomic E-state index is 10.7. The summed E-state index contributed by atoms with van der Waals surface area (Å²) in [6.45, 7) is 0.851. The van der Waals surface area contributed by atoms with Gasteiger partial charge in [-0.05, 0) is 24.1 Å². The van der Waals surface area contributed by atoms with E-state index >= 15 is 0 Å². The van der Waals surface area contributed by atoms with Gasteiger partial charge in [0.25, 0.3) is 10.1 Å². The molecule has 0 amide bonds. The van der Waals surface area contributed by atoms with Gasteiger partial charge in [-0.2, -0.15) is 8.42 Å². The lowest BCUT2D eigenvalue weighted by Crippen LogP contribution is -2.10. The molecule has 0 aliphatic heterocycles. The SMILES string of the molecule is COc1ccc(CCOCCOS(C)(=O)=O)cc1. The Morgan fingerprint density at radius 1 is 1.06 bits per heavy atom. The third-order valence-electron chi connectivity index (χ3n) is 2.22. The molecule has 0 aromatic heterocycles. The van der Waals surface area contributed by atoms with Gasteiger partial charge < -0.3 is 9.47 Å². The summed E-state index contributed by atoms with van der Waals surface area (Å²) in [5.41, 5.74) is 1.14. The summed E-state index contributed by atoms with van der Waals surface area (Å²) in [7, 11) is -1.74. The molecule has 0 aliphatic rings. The summed E-state index contributed by atoms with van der Waals surface area (Å²) in [6.07, 6.45) is 1.78. The number of ether oxygens (including phenoxy) is 2. The van der Waals surface area contributed by atoms with Gasteiger partial charge in [0.05, 0.1) is 33.2 Å². The first kappa shape index (κ1) is 14.9. The van der Waals surface area contributed by atoms with E-state index in [0.29, 0.717) is 6.61 Å². The molecule has 0 radical (unpaired) electrons. The minimum atomic E-state index is -3.37. The highest BCUT2D eigenvalue weighted by atomic mass is 32.2. The lowest BCUT2D eigenvalue weighted by molar-refractivity contribution is 0.105. The van der Waals surface area contributed by atoms with E-state index in [4.69, 9.17) is 9.47 Å². The minimum Gasteiger partial charge on any atom is -0.497 e. The van der Waals surface area contributed by atoms with Gasteiger partial charge in [0.15, 0.2) is 0 Å². The molecule has 0 unspecified atom stereocenters. The molecule has 0 bridgehead atoms. The van der Waals surface area contributed by atoms with Gasteiger partial charge in [-0.25, -0.2) is 0 Å². The Morgan fingerprint density at radius 3 is 2.28 bits per heavy atom. The van der Waals surface area contributed by atoms with Gasteiger partial charge in [0.1, 0.15) is 5.75 Å². The van der Waals surface area contributed by atoms with Crippen LogP contribution in [-0.2, 0) is 25.5 Å². The Morgan fingerprint density at radius 2 is 1.72 bits per heavy atom. The molecular formula is C12H18O5S. The Kier molecular flexibility index (Phi) is 6.11. The van der Waals surface area contributed by atoms with Crippen molar-refractivity contribution in [2.45, 2.75) is 6.42 Å². The summed E-state index contributed by atoms with van der Waals surface area (Å²) in [5.74, 6) is 0.821. The number of rotatable bonds is 8. The number of methoxy groups -OCH3 is 1. The van der Waals surface area contributed by atoms with Crippen LogP contribution in [0, 0.1) is 0 Å². The van der Waals surface area contributed by atoms with Crippen molar-refractivity contribution in [2.24, 2.45) is 0 Å². The molecule has 0 fully saturated rings. The van der Waals surface area contributed by atoms with Gasteiger partial charge in [0, 0.05) is 0 Å². The normalized spacial score (nSPS) is 11.4. The fraction of sp³-hybridized carbons (Fsp3) is 0.500. The van der Waals surface area contributed by atoms with Crippen molar-refractivity contribution >= 4 is 10.1 Å². The summed E-state index contributed by atoms with van der Waals surface area (Å²) < 4.78 is 36.2. The lowest BCUT2D eigenvalue weighted by Gasteiger charge is -2.05. The van der Waals surface area contributed by atoms with E-state index in [-0.39, 0.29) is 13.2 Å². The fourth-order valence-electron chi connectivity index (χ4n) is 1.33. The molecule has 5 nitrogen and oxygen atoms in total. The molecule has 18 heavy (non-hydrogen) atoms. The largest absolute Gasteiger partial charge is 0.497 e. The zero-order valence-electron chi connectivity index (χ0n) is 10.6. The molecule has 0 N–H and O–H groups in total. The quantitative estimate of drug-likeness (QED) is 0.527. The van der Waals surface area contributed by atoms with Crippen molar-refractivity contribution in [3.05, 3.63) is 29.8 Å². The smallest absolute Gasteiger partial charge is 0.264 e. The van der Waals surface area contributed by atoms with Crippen LogP contribution in [0.15, 0.2) is 24.3 Å². The van der Waals surface area contributed by atoms with E-state index in [2.05, 4.69) is 4.18 Å². The molecule has 0 atom stereocenters. The second-order valence-electron chi connectivity index (χ2n) is 3.74. The average molecular weight is 274 g/mol. The van der Waals surface area contributed by atoms with Crippen LogP contribution in [0.1, 0.15) is 5.56 Å². The molecule has 6 heteroatoms. The van der Waals surface area contributed by atoms with E-state index in [1.807, 2.05) is 24.3 Å². The number of hydrogen-bond acceptors (Lipinski definition) is 5. The van der Waals surface area contributed by atoms with Crippen molar-refractivity contribution in [1.82, 2.24) is 0 Å². The van der Waals surface area contributed by atoms with Crippen molar-refractivity contribution in [1.29, 1.82) is 0 Å². The fourth-order valence-corrected chi connectivity index (χ4v) is 1.70. The monoisotopic (exact) mass is 274 g/mol. The molecule has 102 valence electrons. The molecule has 0 spiro atoms. The van der Waals surface area contributed by atoms with Crippen LogP contribution in [0.2, 0.25) is 0 Å². The van der Waals surface area contributed by atoms with Gasteiger partial charge in [0.2, 0.25) is 0 Å². The standard InChI is InChI=1S/C12H18O5S/c1-15-12-5-3-11(4-6-12)7-8-16-9-10-17-18(2,13)14/h3-6H,7-10H2,1-2H3. The molecule has 1 rings (SSSR count). The topological polar surface area (TPSA) is 61.8 Å². The van der Waals surface area contributed by atoms with Crippen molar-refractivity contribution in [3.63, 3.8) is 0 Å². The number of benzene rings is 1. The summed E-state index contributed by atoms with van der Waals surface area (Å²) in [6, 6.07) is 7.72. The van der Waals surface area contributed by atoms with Crippen LogP contribution in [0.25, 0.3) is 0 Å². The van der Waals surface area contributed by atoms with Gasteiger partial charge in [-0.15, -0.1) is 0 Å².